The highest BCUT2D eigenvalue weighted by atomic mass is 35.5. The van der Waals surface area contributed by atoms with Crippen molar-refractivity contribution in [3.05, 3.63) is 27.5 Å². The smallest absolute Gasteiger partial charge is 0.226 e. The standard InChI is InChI=1S/C16H19ClN2OS2/c17-14-6-5-13(22-14)16-19-12(10-21-16)9-15(20)18-8-7-11-3-1-2-4-11/h5-6,10-11H,1-4,7-9H2,(H,18,20). The summed E-state index contributed by atoms with van der Waals surface area (Å²) in [6, 6.07) is 3.84. The number of carbonyl (C=O) groups excluding carboxylic acids is 1. The van der Waals surface area contributed by atoms with Crippen LogP contribution in [0.25, 0.3) is 9.88 Å². The Hall–Kier alpha value is -0.910. The molecule has 0 bridgehead atoms. The highest BCUT2D eigenvalue weighted by Gasteiger charge is 2.15. The van der Waals surface area contributed by atoms with E-state index in [0.717, 1.165) is 38.8 Å². The van der Waals surface area contributed by atoms with Crippen LogP contribution >= 0.6 is 34.3 Å². The van der Waals surface area contributed by atoms with Gasteiger partial charge in [0, 0.05) is 11.9 Å². The number of thiazole rings is 1. The highest BCUT2D eigenvalue weighted by Crippen LogP contribution is 2.33. The van der Waals surface area contributed by atoms with Crippen LogP contribution in [0.4, 0.5) is 0 Å². The molecule has 0 unspecified atom stereocenters. The van der Waals surface area contributed by atoms with E-state index in [0.29, 0.717) is 6.42 Å². The van der Waals surface area contributed by atoms with Gasteiger partial charge < -0.3 is 5.32 Å². The fourth-order valence-electron chi connectivity index (χ4n) is 2.87. The van der Waals surface area contributed by atoms with Crippen LogP contribution in [0, 0.1) is 5.92 Å². The lowest BCUT2D eigenvalue weighted by Gasteiger charge is -2.09. The van der Waals surface area contributed by atoms with Gasteiger partial charge in [0.25, 0.3) is 0 Å². The summed E-state index contributed by atoms with van der Waals surface area (Å²) >= 11 is 9.02. The maximum absolute atomic E-state index is 12.0. The number of halogens is 1. The third kappa shape index (κ3) is 4.31. The molecule has 1 saturated carbocycles. The van der Waals surface area contributed by atoms with E-state index in [2.05, 4.69) is 10.3 Å². The summed E-state index contributed by atoms with van der Waals surface area (Å²) in [7, 11) is 0. The number of rotatable bonds is 6. The topological polar surface area (TPSA) is 42.0 Å². The molecule has 3 rings (SSSR count). The van der Waals surface area contributed by atoms with E-state index in [9.17, 15) is 4.79 Å². The average molecular weight is 355 g/mol. The van der Waals surface area contributed by atoms with Crippen LogP contribution in [0.2, 0.25) is 4.34 Å². The van der Waals surface area contributed by atoms with Gasteiger partial charge >= 0.3 is 0 Å². The number of aromatic nitrogens is 1. The van der Waals surface area contributed by atoms with Gasteiger partial charge in [-0.2, -0.15) is 0 Å². The van der Waals surface area contributed by atoms with Crippen molar-refractivity contribution in [1.29, 1.82) is 0 Å². The normalized spacial score (nSPS) is 15.3. The lowest BCUT2D eigenvalue weighted by Crippen LogP contribution is -2.27. The van der Waals surface area contributed by atoms with Gasteiger partial charge in [-0.25, -0.2) is 4.98 Å². The minimum atomic E-state index is 0.0686. The second-order valence-corrected chi connectivity index (χ2v) is 8.29. The minimum Gasteiger partial charge on any atom is -0.356 e. The molecule has 0 radical (unpaired) electrons. The monoisotopic (exact) mass is 354 g/mol. The first-order valence-corrected chi connectivity index (χ1v) is 9.75. The minimum absolute atomic E-state index is 0.0686. The molecular weight excluding hydrogens is 336 g/mol. The van der Waals surface area contributed by atoms with Gasteiger partial charge in [0.05, 0.1) is 21.3 Å². The first-order chi connectivity index (χ1) is 10.7. The zero-order valence-electron chi connectivity index (χ0n) is 12.3. The Balaban J connectivity index is 1.46. The van der Waals surface area contributed by atoms with E-state index in [4.69, 9.17) is 11.6 Å². The lowest BCUT2D eigenvalue weighted by atomic mass is 10.0. The average Bonchev–Trinajstić information content (AvgIpc) is 3.20. The number of hydrogen-bond acceptors (Lipinski definition) is 4. The summed E-state index contributed by atoms with van der Waals surface area (Å²) in [6.45, 7) is 0.793. The quantitative estimate of drug-likeness (QED) is 0.812. The van der Waals surface area contributed by atoms with Crippen LogP contribution in [0.3, 0.4) is 0 Å². The molecule has 1 aliphatic rings. The Morgan fingerprint density at radius 1 is 1.36 bits per heavy atom. The third-order valence-electron chi connectivity index (χ3n) is 4.03. The Bertz CT molecular complexity index is 632. The molecule has 1 amide bonds. The van der Waals surface area contributed by atoms with Crippen molar-refractivity contribution >= 4 is 40.2 Å². The molecule has 1 aliphatic carbocycles. The van der Waals surface area contributed by atoms with Crippen molar-refractivity contribution in [3.8, 4) is 9.88 Å². The van der Waals surface area contributed by atoms with Crippen LogP contribution in [-0.2, 0) is 11.2 Å². The molecule has 2 aromatic heterocycles. The number of thiophene rings is 1. The zero-order chi connectivity index (χ0) is 15.4. The van der Waals surface area contributed by atoms with Gasteiger partial charge in [-0.1, -0.05) is 37.3 Å². The molecule has 3 nitrogen and oxygen atoms in total. The largest absolute Gasteiger partial charge is 0.356 e. The molecule has 118 valence electrons. The molecule has 2 aromatic rings. The van der Waals surface area contributed by atoms with Crippen molar-refractivity contribution in [3.63, 3.8) is 0 Å². The molecule has 22 heavy (non-hydrogen) atoms. The van der Waals surface area contributed by atoms with Crippen LogP contribution in [0.15, 0.2) is 17.5 Å². The molecule has 0 aromatic carbocycles. The summed E-state index contributed by atoms with van der Waals surface area (Å²) in [5, 5.41) is 5.91. The fraction of sp³-hybridized carbons (Fsp3) is 0.500. The molecule has 6 heteroatoms. The second-order valence-electron chi connectivity index (χ2n) is 5.71. The second kappa shape index (κ2) is 7.57. The molecule has 0 saturated heterocycles. The number of nitrogens with zero attached hydrogens (tertiary/aromatic N) is 1. The van der Waals surface area contributed by atoms with Gasteiger partial charge in [-0.3, -0.25) is 4.79 Å². The Kier molecular flexibility index (Phi) is 5.50. The number of amides is 1. The number of hydrogen-bond donors (Lipinski definition) is 1. The summed E-state index contributed by atoms with van der Waals surface area (Å²) in [5.74, 6) is 0.883. The molecule has 1 fully saturated rings. The first-order valence-electron chi connectivity index (χ1n) is 7.67. The third-order valence-corrected chi connectivity index (χ3v) is 6.32. The summed E-state index contributed by atoms with van der Waals surface area (Å²) in [5.41, 5.74) is 0.836. The van der Waals surface area contributed by atoms with Crippen molar-refractivity contribution in [2.45, 2.75) is 38.5 Å². The SMILES string of the molecule is O=C(Cc1csc(-c2ccc(Cl)s2)n1)NCCC1CCCC1. The predicted molar refractivity (Wildman–Crippen MR) is 93.7 cm³/mol. The maximum atomic E-state index is 12.0. The van der Waals surface area contributed by atoms with Crippen molar-refractivity contribution in [1.82, 2.24) is 10.3 Å². The van der Waals surface area contributed by atoms with E-state index in [1.54, 1.807) is 11.3 Å². The van der Waals surface area contributed by atoms with Gasteiger partial charge in [0.1, 0.15) is 5.01 Å². The van der Waals surface area contributed by atoms with E-state index >= 15 is 0 Å². The van der Waals surface area contributed by atoms with Gasteiger partial charge in [0.2, 0.25) is 5.91 Å². The fourth-order valence-corrected chi connectivity index (χ4v) is 4.81. The maximum Gasteiger partial charge on any atom is 0.226 e. The molecule has 0 atom stereocenters. The molecule has 0 aliphatic heterocycles. The summed E-state index contributed by atoms with van der Waals surface area (Å²) in [4.78, 5) is 17.6. The van der Waals surface area contributed by atoms with Crippen LogP contribution in [-0.4, -0.2) is 17.4 Å². The molecule has 2 heterocycles. The summed E-state index contributed by atoms with van der Waals surface area (Å²) < 4.78 is 0.761. The number of carbonyl (C=O) groups is 1. The highest BCUT2D eigenvalue weighted by molar-refractivity contribution is 7.23. The molecular formula is C16H19ClN2OS2. The van der Waals surface area contributed by atoms with E-state index in [-0.39, 0.29) is 5.91 Å². The molecule has 1 N–H and O–H groups in total. The summed E-state index contributed by atoms with van der Waals surface area (Å²) in [6.07, 6.45) is 6.84. The van der Waals surface area contributed by atoms with Gasteiger partial charge in [-0.15, -0.1) is 22.7 Å². The van der Waals surface area contributed by atoms with Crippen molar-refractivity contribution in [2.75, 3.05) is 6.54 Å². The Labute approximate surface area is 143 Å². The van der Waals surface area contributed by atoms with E-state index in [1.165, 1.54) is 37.0 Å². The van der Waals surface area contributed by atoms with E-state index in [1.807, 2.05) is 17.5 Å². The van der Waals surface area contributed by atoms with Crippen LogP contribution in [0.1, 0.15) is 37.8 Å². The lowest BCUT2D eigenvalue weighted by molar-refractivity contribution is -0.120. The Morgan fingerprint density at radius 3 is 2.91 bits per heavy atom. The van der Waals surface area contributed by atoms with Gasteiger partial charge in [0.15, 0.2) is 0 Å². The number of nitrogens with one attached hydrogen (secondary N) is 1. The molecule has 0 spiro atoms. The Morgan fingerprint density at radius 2 is 2.18 bits per heavy atom. The zero-order valence-corrected chi connectivity index (χ0v) is 14.7. The van der Waals surface area contributed by atoms with Crippen molar-refractivity contribution in [2.24, 2.45) is 5.92 Å². The van der Waals surface area contributed by atoms with Crippen molar-refractivity contribution < 1.29 is 4.79 Å². The van der Waals surface area contributed by atoms with Gasteiger partial charge in [-0.05, 0) is 24.5 Å². The predicted octanol–water partition coefficient (Wildman–Crippen LogP) is 4.76. The van der Waals surface area contributed by atoms with Crippen LogP contribution in [0.5, 0.6) is 0 Å². The van der Waals surface area contributed by atoms with E-state index < -0.39 is 0 Å². The van der Waals surface area contributed by atoms with Crippen LogP contribution < -0.4 is 5.32 Å². The first kappa shape index (κ1) is 16.0.